The fraction of sp³-hybridized carbons (Fsp3) is 0.733. The van der Waals surface area contributed by atoms with Gasteiger partial charge in [-0.25, -0.2) is 13.1 Å². The quantitative estimate of drug-likeness (QED) is 0.543. The van der Waals surface area contributed by atoms with Crippen molar-refractivity contribution >= 4 is 16.0 Å². The number of aromatic nitrogens is 2. The second-order valence-electron chi connectivity index (χ2n) is 6.91. The highest BCUT2D eigenvalue weighted by Crippen LogP contribution is 2.21. The molecular formula is C15H28N6O3S. The molecule has 1 saturated heterocycles. The van der Waals surface area contributed by atoms with Crippen LogP contribution in [0.2, 0.25) is 0 Å². The van der Waals surface area contributed by atoms with Gasteiger partial charge < -0.3 is 15.0 Å². The molecule has 2 heterocycles. The van der Waals surface area contributed by atoms with E-state index in [-0.39, 0.29) is 6.10 Å². The molecule has 1 aromatic heterocycles. The SMILES string of the molecule is CN=C(NCC(C)(C)NS(C)(=O)=O)N1CCOC(c2cnn(C)c2)C1. The van der Waals surface area contributed by atoms with E-state index >= 15 is 0 Å². The highest BCUT2D eigenvalue weighted by Gasteiger charge is 2.27. The number of aliphatic imine (C=N–C) groups is 1. The van der Waals surface area contributed by atoms with Crippen molar-refractivity contribution < 1.29 is 13.2 Å². The lowest BCUT2D eigenvalue weighted by Crippen LogP contribution is -2.55. The van der Waals surface area contributed by atoms with Gasteiger partial charge in [-0.3, -0.25) is 9.67 Å². The van der Waals surface area contributed by atoms with Gasteiger partial charge >= 0.3 is 0 Å². The third kappa shape index (κ3) is 5.98. The number of morpholine rings is 1. The number of rotatable bonds is 5. The Bertz CT molecular complexity index is 713. The minimum absolute atomic E-state index is 0.0665. The Morgan fingerprint density at radius 3 is 2.80 bits per heavy atom. The molecule has 9 nitrogen and oxygen atoms in total. The molecular weight excluding hydrogens is 344 g/mol. The maximum atomic E-state index is 11.5. The third-order valence-corrected chi connectivity index (χ3v) is 4.75. The Balaban J connectivity index is 1.98. The van der Waals surface area contributed by atoms with E-state index in [4.69, 9.17) is 4.74 Å². The standard InChI is InChI=1S/C15H28N6O3S/c1-15(2,19-25(5,22)23)11-17-14(16-3)21-6-7-24-13(10-21)12-8-18-20(4)9-12/h8-9,13,19H,6-7,10-11H2,1-5H3,(H,16,17). The molecule has 0 spiro atoms. The van der Waals surface area contributed by atoms with E-state index < -0.39 is 15.6 Å². The molecule has 1 unspecified atom stereocenters. The van der Waals surface area contributed by atoms with Crippen LogP contribution >= 0.6 is 0 Å². The van der Waals surface area contributed by atoms with Crippen LogP contribution in [0.15, 0.2) is 17.4 Å². The van der Waals surface area contributed by atoms with Gasteiger partial charge in [-0.05, 0) is 13.8 Å². The van der Waals surface area contributed by atoms with Crippen molar-refractivity contribution in [2.45, 2.75) is 25.5 Å². The first kappa shape index (κ1) is 19.7. The van der Waals surface area contributed by atoms with Gasteiger partial charge in [0.15, 0.2) is 5.96 Å². The molecule has 1 fully saturated rings. The van der Waals surface area contributed by atoms with Crippen LogP contribution in [-0.4, -0.2) is 74.1 Å². The first-order valence-corrected chi connectivity index (χ1v) is 10.0. The molecule has 10 heteroatoms. The molecule has 1 aliphatic rings. The van der Waals surface area contributed by atoms with E-state index in [1.54, 1.807) is 11.7 Å². The second-order valence-corrected chi connectivity index (χ2v) is 8.66. The summed E-state index contributed by atoms with van der Waals surface area (Å²) < 4.78 is 33.1. The summed E-state index contributed by atoms with van der Waals surface area (Å²) in [5.74, 6) is 0.723. The Labute approximate surface area is 149 Å². The highest BCUT2D eigenvalue weighted by atomic mass is 32.2. The van der Waals surface area contributed by atoms with Crippen LogP contribution in [0, 0.1) is 0 Å². The summed E-state index contributed by atoms with van der Waals surface area (Å²) in [7, 11) is 0.316. The fourth-order valence-electron chi connectivity index (χ4n) is 2.82. The molecule has 1 aliphatic heterocycles. The summed E-state index contributed by atoms with van der Waals surface area (Å²) in [4.78, 5) is 6.43. The molecule has 0 aromatic carbocycles. The minimum atomic E-state index is -3.28. The van der Waals surface area contributed by atoms with Crippen LogP contribution in [0.1, 0.15) is 25.5 Å². The third-order valence-electron chi connectivity index (χ3n) is 3.82. The van der Waals surface area contributed by atoms with Crippen LogP contribution in [0.25, 0.3) is 0 Å². The number of hydrogen-bond donors (Lipinski definition) is 2. The van der Waals surface area contributed by atoms with Crippen LogP contribution in [0.4, 0.5) is 0 Å². The molecule has 0 aliphatic carbocycles. The van der Waals surface area contributed by atoms with E-state index in [0.717, 1.165) is 24.3 Å². The number of nitrogens with one attached hydrogen (secondary N) is 2. The topological polar surface area (TPSA) is 101 Å². The normalized spacial score (nSPS) is 20.0. The van der Waals surface area contributed by atoms with E-state index in [1.165, 1.54) is 0 Å². The van der Waals surface area contributed by atoms with Gasteiger partial charge in [-0.15, -0.1) is 0 Å². The number of sulfonamides is 1. The molecule has 25 heavy (non-hydrogen) atoms. The number of guanidine groups is 1. The lowest BCUT2D eigenvalue weighted by Gasteiger charge is -2.36. The van der Waals surface area contributed by atoms with Crippen molar-refractivity contribution in [3.05, 3.63) is 18.0 Å². The lowest BCUT2D eigenvalue weighted by molar-refractivity contribution is -0.00808. The molecule has 0 radical (unpaired) electrons. The minimum Gasteiger partial charge on any atom is -0.370 e. The molecule has 1 aromatic rings. The molecule has 142 valence electrons. The first-order valence-electron chi connectivity index (χ1n) is 8.14. The van der Waals surface area contributed by atoms with Gasteiger partial charge in [-0.1, -0.05) is 0 Å². The maximum Gasteiger partial charge on any atom is 0.209 e. The number of hydrogen-bond acceptors (Lipinski definition) is 5. The van der Waals surface area contributed by atoms with Gasteiger partial charge in [0.25, 0.3) is 0 Å². The van der Waals surface area contributed by atoms with Crippen LogP contribution < -0.4 is 10.0 Å². The van der Waals surface area contributed by atoms with Crippen LogP contribution in [-0.2, 0) is 21.8 Å². The summed E-state index contributed by atoms with van der Waals surface area (Å²) in [6, 6.07) is 0. The van der Waals surface area contributed by atoms with Gasteiger partial charge in [0.1, 0.15) is 6.10 Å². The van der Waals surface area contributed by atoms with E-state index in [2.05, 4.69) is 25.0 Å². The summed E-state index contributed by atoms with van der Waals surface area (Å²) >= 11 is 0. The predicted octanol–water partition coefficient (Wildman–Crippen LogP) is -0.303. The molecule has 0 amide bonds. The summed E-state index contributed by atoms with van der Waals surface area (Å²) in [5, 5.41) is 7.44. The fourth-order valence-corrected chi connectivity index (χ4v) is 3.90. The first-order chi connectivity index (χ1) is 11.6. The van der Waals surface area contributed by atoms with Crippen molar-refractivity contribution in [1.82, 2.24) is 24.7 Å². The van der Waals surface area contributed by atoms with E-state index in [1.807, 2.05) is 33.3 Å². The Kier molecular flexibility index (Phi) is 6.07. The molecule has 1 atom stereocenters. The number of ether oxygens (including phenoxy) is 1. The van der Waals surface area contributed by atoms with Gasteiger partial charge in [-0.2, -0.15) is 5.10 Å². The Hall–Kier alpha value is -1.65. The number of aryl methyl sites for hydroxylation is 1. The highest BCUT2D eigenvalue weighted by molar-refractivity contribution is 7.88. The Morgan fingerprint density at radius 1 is 1.52 bits per heavy atom. The van der Waals surface area contributed by atoms with Gasteiger partial charge in [0.2, 0.25) is 10.0 Å². The van der Waals surface area contributed by atoms with E-state index in [9.17, 15) is 8.42 Å². The lowest BCUT2D eigenvalue weighted by atomic mass is 10.1. The molecule has 0 bridgehead atoms. The molecule has 2 N–H and O–H groups in total. The number of nitrogens with zero attached hydrogens (tertiary/aromatic N) is 4. The average Bonchev–Trinajstić information content (AvgIpc) is 2.92. The van der Waals surface area contributed by atoms with Crippen molar-refractivity contribution in [2.24, 2.45) is 12.0 Å². The monoisotopic (exact) mass is 372 g/mol. The molecule has 2 rings (SSSR count). The van der Waals surface area contributed by atoms with Crippen molar-refractivity contribution in [3.8, 4) is 0 Å². The Morgan fingerprint density at radius 2 is 2.24 bits per heavy atom. The smallest absolute Gasteiger partial charge is 0.209 e. The van der Waals surface area contributed by atoms with Crippen molar-refractivity contribution in [1.29, 1.82) is 0 Å². The van der Waals surface area contributed by atoms with Gasteiger partial charge in [0.05, 0.1) is 25.6 Å². The maximum absolute atomic E-state index is 11.5. The van der Waals surface area contributed by atoms with Crippen LogP contribution in [0.5, 0.6) is 0 Å². The zero-order chi connectivity index (χ0) is 18.7. The van der Waals surface area contributed by atoms with E-state index in [0.29, 0.717) is 19.7 Å². The average molecular weight is 372 g/mol. The summed E-state index contributed by atoms with van der Waals surface area (Å²) in [6.45, 7) is 6.03. The summed E-state index contributed by atoms with van der Waals surface area (Å²) in [5.41, 5.74) is 0.403. The predicted molar refractivity (Wildman–Crippen MR) is 96.9 cm³/mol. The second kappa shape index (κ2) is 7.71. The van der Waals surface area contributed by atoms with Crippen molar-refractivity contribution in [3.63, 3.8) is 0 Å². The zero-order valence-corrected chi connectivity index (χ0v) is 16.3. The summed E-state index contributed by atoms with van der Waals surface area (Å²) in [6.07, 6.45) is 4.85. The van der Waals surface area contributed by atoms with Crippen molar-refractivity contribution in [2.75, 3.05) is 39.5 Å². The molecule has 0 saturated carbocycles. The zero-order valence-electron chi connectivity index (χ0n) is 15.5. The largest absolute Gasteiger partial charge is 0.370 e. The van der Waals surface area contributed by atoms with Gasteiger partial charge in [0, 0.05) is 44.5 Å². The van der Waals surface area contributed by atoms with Crippen LogP contribution in [0.3, 0.4) is 0 Å².